The Labute approximate surface area is 154 Å². The van der Waals surface area contributed by atoms with Gasteiger partial charge in [-0.05, 0) is 37.0 Å². The van der Waals surface area contributed by atoms with Crippen LogP contribution in [0, 0.1) is 0 Å². The highest BCUT2D eigenvalue weighted by Crippen LogP contribution is 2.31. The standard InChI is InChI=1S/C19H23N3O3S/c1-2-21-13-17(12-20-21)19-14-22(9-10-25-19)26(23,24)18-8-7-15-5-3-4-6-16(15)11-18/h3-6,11-13,19H,2,7-10,14H2,1H3/t19-/m1/s1. The number of allylic oxidation sites excluding steroid dienone is 1. The molecule has 7 heteroatoms. The van der Waals surface area contributed by atoms with Crippen LogP contribution in [0.2, 0.25) is 0 Å². The lowest BCUT2D eigenvalue weighted by atomic mass is 9.98. The first-order chi connectivity index (χ1) is 12.6. The minimum Gasteiger partial charge on any atom is -0.371 e. The summed E-state index contributed by atoms with van der Waals surface area (Å²) >= 11 is 0. The first-order valence-corrected chi connectivity index (χ1v) is 10.4. The van der Waals surface area contributed by atoms with E-state index in [9.17, 15) is 8.42 Å². The van der Waals surface area contributed by atoms with Crippen molar-refractivity contribution in [2.75, 3.05) is 19.7 Å². The molecule has 1 aliphatic carbocycles. The molecule has 0 amide bonds. The highest BCUT2D eigenvalue weighted by molar-refractivity contribution is 7.93. The molecule has 2 aliphatic rings. The number of aryl methyl sites for hydroxylation is 2. The van der Waals surface area contributed by atoms with Crippen LogP contribution < -0.4 is 0 Å². The zero-order valence-corrected chi connectivity index (χ0v) is 15.7. The molecule has 138 valence electrons. The second-order valence-corrected chi connectivity index (χ2v) is 8.65. The molecule has 1 fully saturated rings. The van der Waals surface area contributed by atoms with Crippen LogP contribution >= 0.6 is 0 Å². The number of ether oxygens (including phenoxy) is 1. The number of hydrogen-bond acceptors (Lipinski definition) is 4. The smallest absolute Gasteiger partial charge is 0.239 e. The average molecular weight is 373 g/mol. The third kappa shape index (κ3) is 3.22. The maximum absolute atomic E-state index is 13.2. The van der Waals surface area contributed by atoms with Crippen LogP contribution in [0.15, 0.2) is 41.6 Å². The van der Waals surface area contributed by atoms with Gasteiger partial charge in [0.15, 0.2) is 0 Å². The summed E-state index contributed by atoms with van der Waals surface area (Å²) in [5, 5.41) is 4.27. The Morgan fingerprint density at radius 2 is 2.12 bits per heavy atom. The van der Waals surface area contributed by atoms with Crippen molar-refractivity contribution in [3.05, 3.63) is 58.3 Å². The predicted molar refractivity (Wildman–Crippen MR) is 99.8 cm³/mol. The summed E-state index contributed by atoms with van der Waals surface area (Å²) in [5.41, 5.74) is 3.14. The van der Waals surface area contributed by atoms with E-state index in [2.05, 4.69) is 11.2 Å². The summed E-state index contributed by atoms with van der Waals surface area (Å²) in [6, 6.07) is 7.98. The molecule has 0 unspecified atom stereocenters. The first-order valence-electron chi connectivity index (χ1n) is 9.00. The number of rotatable bonds is 4. The summed E-state index contributed by atoms with van der Waals surface area (Å²) in [7, 11) is -3.48. The topological polar surface area (TPSA) is 64.4 Å². The lowest BCUT2D eigenvalue weighted by Crippen LogP contribution is -2.42. The normalized spacial score (nSPS) is 21.3. The minimum absolute atomic E-state index is 0.268. The molecular formula is C19H23N3O3S. The van der Waals surface area contributed by atoms with Crippen LogP contribution in [-0.2, 0) is 27.7 Å². The third-order valence-corrected chi connectivity index (χ3v) is 7.06. The number of fused-ring (bicyclic) bond motifs is 1. The van der Waals surface area contributed by atoms with Crippen LogP contribution in [0.25, 0.3) is 6.08 Å². The molecule has 0 spiro atoms. The number of sulfonamides is 1. The van der Waals surface area contributed by atoms with Crippen molar-refractivity contribution >= 4 is 16.1 Å². The van der Waals surface area contributed by atoms with E-state index in [0.29, 0.717) is 31.0 Å². The number of aromatic nitrogens is 2. The van der Waals surface area contributed by atoms with Gasteiger partial charge in [0.05, 0.1) is 23.8 Å². The van der Waals surface area contributed by atoms with Gasteiger partial charge in [0.1, 0.15) is 0 Å². The van der Waals surface area contributed by atoms with E-state index in [1.807, 2.05) is 42.1 Å². The van der Waals surface area contributed by atoms with E-state index in [1.165, 1.54) is 5.56 Å². The van der Waals surface area contributed by atoms with Gasteiger partial charge in [-0.3, -0.25) is 4.68 Å². The summed E-state index contributed by atoms with van der Waals surface area (Å²) in [5.74, 6) is 0. The molecule has 0 radical (unpaired) electrons. The monoisotopic (exact) mass is 373 g/mol. The van der Waals surface area contributed by atoms with Crippen molar-refractivity contribution in [2.45, 2.75) is 32.4 Å². The Kier molecular flexibility index (Phi) is 4.69. The van der Waals surface area contributed by atoms with Gasteiger partial charge >= 0.3 is 0 Å². The van der Waals surface area contributed by atoms with Crippen LogP contribution in [-0.4, -0.2) is 42.2 Å². The molecule has 2 aromatic rings. The molecule has 0 N–H and O–H groups in total. The van der Waals surface area contributed by atoms with Crippen LogP contribution in [0.5, 0.6) is 0 Å². The van der Waals surface area contributed by atoms with Crippen molar-refractivity contribution in [3.63, 3.8) is 0 Å². The largest absolute Gasteiger partial charge is 0.371 e. The number of hydrogen-bond donors (Lipinski definition) is 0. The zero-order chi connectivity index (χ0) is 18.1. The van der Waals surface area contributed by atoms with E-state index >= 15 is 0 Å². The maximum Gasteiger partial charge on any atom is 0.239 e. The van der Waals surface area contributed by atoms with E-state index < -0.39 is 10.0 Å². The maximum atomic E-state index is 13.2. The fraction of sp³-hybridized carbons (Fsp3) is 0.421. The van der Waals surface area contributed by atoms with Gasteiger partial charge in [-0.1, -0.05) is 24.3 Å². The Morgan fingerprint density at radius 3 is 2.92 bits per heavy atom. The molecule has 1 aromatic carbocycles. The Balaban J connectivity index is 1.57. The van der Waals surface area contributed by atoms with Gasteiger partial charge in [0.2, 0.25) is 10.0 Å². The molecule has 1 aliphatic heterocycles. The summed E-state index contributed by atoms with van der Waals surface area (Å²) in [4.78, 5) is 0.501. The third-order valence-electron chi connectivity index (χ3n) is 5.06. The molecule has 26 heavy (non-hydrogen) atoms. The van der Waals surface area contributed by atoms with E-state index in [0.717, 1.165) is 24.1 Å². The highest BCUT2D eigenvalue weighted by atomic mass is 32.2. The average Bonchev–Trinajstić information content (AvgIpc) is 3.17. The lowest BCUT2D eigenvalue weighted by molar-refractivity contribution is -0.00234. The summed E-state index contributed by atoms with van der Waals surface area (Å²) < 4.78 is 35.5. The van der Waals surface area contributed by atoms with Crippen molar-refractivity contribution in [2.24, 2.45) is 0 Å². The highest BCUT2D eigenvalue weighted by Gasteiger charge is 2.34. The van der Waals surface area contributed by atoms with E-state index in [-0.39, 0.29) is 6.10 Å². The molecule has 1 atom stereocenters. The number of nitrogens with zero attached hydrogens (tertiary/aromatic N) is 3. The van der Waals surface area contributed by atoms with Gasteiger partial charge < -0.3 is 4.74 Å². The Bertz CT molecular complexity index is 933. The second-order valence-electron chi connectivity index (χ2n) is 6.66. The van der Waals surface area contributed by atoms with Gasteiger partial charge in [-0.15, -0.1) is 0 Å². The van der Waals surface area contributed by atoms with Gasteiger partial charge in [0, 0.05) is 31.4 Å². The Hall–Kier alpha value is -1.96. The first kappa shape index (κ1) is 17.5. The molecule has 0 saturated carbocycles. The van der Waals surface area contributed by atoms with Gasteiger partial charge in [-0.2, -0.15) is 9.40 Å². The number of morpholine rings is 1. The van der Waals surface area contributed by atoms with Crippen LogP contribution in [0.3, 0.4) is 0 Å². The molecule has 6 nitrogen and oxygen atoms in total. The van der Waals surface area contributed by atoms with E-state index in [1.54, 1.807) is 10.5 Å². The molecule has 4 rings (SSSR count). The molecular weight excluding hydrogens is 350 g/mol. The summed E-state index contributed by atoms with van der Waals surface area (Å²) in [6.45, 7) is 3.91. The fourth-order valence-corrected chi connectivity index (χ4v) is 5.15. The van der Waals surface area contributed by atoms with Crippen molar-refractivity contribution in [3.8, 4) is 0 Å². The second kappa shape index (κ2) is 6.98. The molecule has 1 aromatic heterocycles. The van der Waals surface area contributed by atoms with Crippen molar-refractivity contribution < 1.29 is 13.2 Å². The quantitative estimate of drug-likeness (QED) is 0.826. The SMILES string of the molecule is CCn1cc([C@H]2CN(S(=O)(=O)C3=Cc4ccccc4CC3)CCO2)cn1. The number of benzene rings is 1. The predicted octanol–water partition coefficient (Wildman–Crippen LogP) is 2.59. The van der Waals surface area contributed by atoms with Crippen LogP contribution in [0.4, 0.5) is 0 Å². The van der Waals surface area contributed by atoms with Crippen LogP contribution in [0.1, 0.15) is 36.1 Å². The van der Waals surface area contributed by atoms with Crippen molar-refractivity contribution in [1.82, 2.24) is 14.1 Å². The van der Waals surface area contributed by atoms with E-state index in [4.69, 9.17) is 4.74 Å². The lowest BCUT2D eigenvalue weighted by Gasteiger charge is -2.33. The molecule has 2 heterocycles. The Morgan fingerprint density at radius 1 is 1.27 bits per heavy atom. The van der Waals surface area contributed by atoms with Gasteiger partial charge in [-0.25, -0.2) is 8.42 Å². The fourth-order valence-electron chi connectivity index (χ4n) is 3.54. The van der Waals surface area contributed by atoms with Crippen molar-refractivity contribution in [1.29, 1.82) is 0 Å². The van der Waals surface area contributed by atoms with Gasteiger partial charge in [0.25, 0.3) is 0 Å². The summed E-state index contributed by atoms with van der Waals surface area (Å²) in [6.07, 6.45) is 6.56. The molecule has 1 saturated heterocycles. The minimum atomic E-state index is -3.48. The molecule has 0 bridgehead atoms. The zero-order valence-electron chi connectivity index (χ0n) is 14.8.